The topological polar surface area (TPSA) is 71.5 Å². The highest BCUT2D eigenvalue weighted by Gasteiger charge is 2.14. The maximum Gasteiger partial charge on any atom is 0.162 e. The van der Waals surface area contributed by atoms with Crippen molar-refractivity contribution in [3.63, 3.8) is 0 Å². The van der Waals surface area contributed by atoms with E-state index in [1.807, 2.05) is 78.9 Å². The molecule has 2 aromatic heterocycles. The van der Waals surface area contributed by atoms with E-state index >= 15 is 0 Å². The van der Waals surface area contributed by atoms with Crippen molar-refractivity contribution >= 4 is 16.8 Å². The van der Waals surface area contributed by atoms with Gasteiger partial charge >= 0.3 is 0 Å². The van der Waals surface area contributed by atoms with Gasteiger partial charge in [0.15, 0.2) is 5.78 Å². The van der Waals surface area contributed by atoms with Crippen molar-refractivity contribution in [3.05, 3.63) is 103 Å². The molecule has 2 heterocycles. The number of carbonyl (C=O) groups excluding carboxylic acids is 1. The van der Waals surface area contributed by atoms with Crippen LogP contribution in [-0.4, -0.2) is 25.7 Å². The molecule has 0 unspecified atom stereocenters. The summed E-state index contributed by atoms with van der Waals surface area (Å²) in [5.41, 5.74) is 6.87. The third kappa shape index (κ3) is 4.18. The lowest BCUT2D eigenvalue weighted by atomic mass is 10.0. The molecule has 0 fully saturated rings. The Kier molecular flexibility index (Phi) is 5.54. The number of carbonyl (C=O) groups is 1. The molecule has 32 heavy (non-hydrogen) atoms. The van der Waals surface area contributed by atoms with E-state index in [0.29, 0.717) is 12.0 Å². The lowest BCUT2D eigenvalue weighted by molar-refractivity contribution is 0.0980. The molecule has 0 spiro atoms. The highest BCUT2D eigenvalue weighted by atomic mass is 16.1. The molecule has 156 valence electrons. The molecule has 5 heteroatoms. The molecule has 0 radical (unpaired) electrons. The molecule has 0 saturated carbocycles. The van der Waals surface area contributed by atoms with E-state index in [1.165, 1.54) is 0 Å². The minimum absolute atomic E-state index is 0.113. The van der Waals surface area contributed by atoms with Crippen LogP contribution >= 0.6 is 0 Å². The Hall–Kier alpha value is -4.12. The molecule has 0 saturated heterocycles. The molecular weight excluding hydrogens is 396 g/mol. The fraction of sp³-hybridized carbons (Fsp3) is 0.111. The Morgan fingerprint density at radius 3 is 2.06 bits per heavy atom. The van der Waals surface area contributed by atoms with Gasteiger partial charge in [-0.05, 0) is 31.0 Å². The molecular formula is C27H22N4O. The van der Waals surface area contributed by atoms with E-state index in [0.717, 1.165) is 52.1 Å². The zero-order chi connectivity index (χ0) is 21.8. The fourth-order valence-electron chi connectivity index (χ4n) is 3.83. The number of nitrogens with zero attached hydrogens (tertiary/aromatic N) is 3. The third-order valence-electron chi connectivity index (χ3n) is 5.49. The van der Waals surface area contributed by atoms with Crippen LogP contribution in [0.15, 0.2) is 91.4 Å². The molecule has 0 atom stereocenters. The van der Waals surface area contributed by atoms with Gasteiger partial charge < -0.3 is 4.98 Å². The Morgan fingerprint density at radius 2 is 1.44 bits per heavy atom. The third-order valence-corrected chi connectivity index (χ3v) is 5.49. The number of nitrogens with one attached hydrogen (secondary N) is 1. The average Bonchev–Trinajstić information content (AvgIpc) is 3.37. The summed E-state index contributed by atoms with van der Waals surface area (Å²) >= 11 is 0. The number of Topliss-reactive ketones (excluding diaryl/α,β-unsaturated/α-hetero) is 1. The number of hydrogen-bond acceptors (Lipinski definition) is 4. The van der Waals surface area contributed by atoms with Crippen molar-refractivity contribution in [2.24, 2.45) is 0 Å². The first-order valence-electron chi connectivity index (χ1n) is 10.7. The lowest BCUT2D eigenvalue weighted by Gasteiger charge is -2.11. The minimum atomic E-state index is 0.113. The normalized spacial score (nSPS) is 11.0. The summed E-state index contributed by atoms with van der Waals surface area (Å²) in [5, 5.41) is 0. The molecule has 0 aliphatic heterocycles. The maximum absolute atomic E-state index is 12.8. The van der Waals surface area contributed by atoms with Gasteiger partial charge in [-0.2, -0.15) is 0 Å². The van der Waals surface area contributed by atoms with Crippen LogP contribution in [0.1, 0.15) is 28.9 Å². The first-order chi connectivity index (χ1) is 15.8. The Balaban J connectivity index is 1.49. The number of aromatic nitrogens is 4. The van der Waals surface area contributed by atoms with Crippen LogP contribution in [0.25, 0.3) is 33.5 Å². The molecule has 0 amide bonds. The smallest absolute Gasteiger partial charge is 0.162 e. The van der Waals surface area contributed by atoms with Gasteiger partial charge in [0.2, 0.25) is 0 Å². The summed E-state index contributed by atoms with van der Waals surface area (Å²) in [7, 11) is 0. The standard InChI is InChI=1S/C27H22N4O/c32-25(13-7-12-22-17-28-18-29-22)21-14-15-23-24(16-21)31-27(20-10-5-2-6-11-20)26(30-23)19-8-3-1-4-9-19/h1-6,8-11,14-18H,7,12-13H2,(H,28,29). The highest BCUT2D eigenvalue weighted by molar-refractivity contribution is 5.99. The minimum Gasteiger partial charge on any atom is -0.348 e. The molecule has 5 aromatic rings. The largest absolute Gasteiger partial charge is 0.348 e. The number of H-pyrrole nitrogens is 1. The van der Waals surface area contributed by atoms with Gasteiger partial charge in [-0.15, -0.1) is 0 Å². The zero-order valence-electron chi connectivity index (χ0n) is 17.5. The molecule has 3 aromatic carbocycles. The van der Waals surface area contributed by atoms with Crippen molar-refractivity contribution < 1.29 is 4.79 Å². The van der Waals surface area contributed by atoms with Crippen LogP contribution in [-0.2, 0) is 6.42 Å². The number of ketones is 1. The van der Waals surface area contributed by atoms with Crippen molar-refractivity contribution in [1.29, 1.82) is 0 Å². The molecule has 1 N–H and O–H groups in total. The summed E-state index contributed by atoms with van der Waals surface area (Å²) in [4.78, 5) is 29.8. The second-order valence-corrected chi connectivity index (χ2v) is 7.71. The van der Waals surface area contributed by atoms with Gasteiger partial charge in [-0.1, -0.05) is 60.7 Å². The van der Waals surface area contributed by atoms with Crippen molar-refractivity contribution in [1.82, 2.24) is 19.9 Å². The Labute approximate surface area is 186 Å². The van der Waals surface area contributed by atoms with Gasteiger partial charge in [0.1, 0.15) is 0 Å². The van der Waals surface area contributed by atoms with Crippen molar-refractivity contribution in [3.8, 4) is 22.5 Å². The van der Waals surface area contributed by atoms with E-state index in [9.17, 15) is 4.79 Å². The predicted molar refractivity (Wildman–Crippen MR) is 126 cm³/mol. The maximum atomic E-state index is 12.8. The van der Waals surface area contributed by atoms with Gasteiger partial charge in [0, 0.05) is 35.0 Å². The summed E-state index contributed by atoms with van der Waals surface area (Å²) in [6.45, 7) is 0. The van der Waals surface area contributed by atoms with Crippen molar-refractivity contribution in [2.45, 2.75) is 19.3 Å². The molecule has 5 rings (SSSR count). The molecule has 5 nitrogen and oxygen atoms in total. The van der Waals surface area contributed by atoms with Crippen LogP contribution in [0.3, 0.4) is 0 Å². The highest BCUT2D eigenvalue weighted by Crippen LogP contribution is 2.31. The van der Waals surface area contributed by atoms with Crippen LogP contribution in [0.2, 0.25) is 0 Å². The van der Waals surface area contributed by atoms with Crippen LogP contribution in [0.4, 0.5) is 0 Å². The second kappa shape index (κ2) is 8.94. The van der Waals surface area contributed by atoms with Gasteiger partial charge in [-0.3, -0.25) is 4.79 Å². The van der Waals surface area contributed by atoms with Gasteiger partial charge in [0.25, 0.3) is 0 Å². The summed E-state index contributed by atoms with van der Waals surface area (Å²) in [5.74, 6) is 0.113. The number of rotatable bonds is 7. The number of imidazole rings is 1. The summed E-state index contributed by atoms with van der Waals surface area (Å²) < 4.78 is 0. The predicted octanol–water partition coefficient (Wildman–Crippen LogP) is 5.89. The van der Waals surface area contributed by atoms with Crippen molar-refractivity contribution in [2.75, 3.05) is 0 Å². The summed E-state index contributed by atoms with van der Waals surface area (Å²) in [6, 6.07) is 25.7. The van der Waals surface area contributed by atoms with E-state index in [2.05, 4.69) is 9.97 Å². The van der Waals surface area contributed by atoms with E-state index in [4.69, 9.17) is 9.97 Å². The number of hydrogen-bond donors (Lipinski definition) is 1. The SMILES string of the molecule is O=C(CCCc1cnc[nH]1)c1ccc2nc(-c3ccccc3)c(-c3ccccc3)nc2c1. The fourth-order valence-corrected chi connectivity index (χ4v) is 3.83. The number of benzene rings is 3. The lowest BCUT2D eigenvalue weighted by Crippen LogP contribution is -2.02. The average molecular weight is 419 g/mol. The second-order valence-electron chi connectivity index (χ2n) is 7.71. The monoisotopic (exact) mass is 418 g/mol. The van der Waals surface area contributed by atoms with Gasteiger partial charge in [-0.25, -0.2) is 15.0 Å². The van der Waals surface area contributed by atoms with Crippen LogP contribution in [0.5, 0.6) is 0 Å². The Bertz CT molecular complexity index is 1350. The van der Waals surface area contributed by atoms with E-state index < -0.39 is 0 Å². The number of aryl methyl sites for hydroxylation is 1. The van der Waals surface area contributed by atoms with Crippen LogP contribution in [0, 0.1) is 0 Å². The van der Waals surface area contributed by atoms with E-state index in [-0.39, 0.29) is 5.78 Å². The van der Waals surface area contributed by atoms with E-state index in [1.54, 1.807) is 12.5 Å². The first kappa shape index (κ1) is 19.8. The molecule has 0 bridgehead atoms. The number of fused-ring (bicyclic) bond motifs is 1. The quantitative estimate of drug-likeness (QED) is 0.334. The Morgan fingerprint density at radius 1 is 0.781 bits per heavy atom. The van der Waals surface area contributed by atoms with Crippen LogP contribution < -0.4 is 0 Å². The first-order valence-corrected chi connectivity index (χ1v) is 10.7. The molecule has 0 aliphatic carbocycles. The zero-order valence-corrected chi connectivity index (χ0v) is 17.5. The molecule has 0 aliphatic rings. The summed E-state index contributed by atoms with van der Waals surface area (Å²) in [6.07, 6.45) is 5.51. The number of aromatic amines is 1. The van der Waals surface area contributed by atoms with Gasteiger partial charge in [0.05, 0.1) is 28.7 Å².